The minimum absolute atomic E-state index is 0.225. The number of rotatable bonds is 12. The first kappa shape index (κ1) is 35.5. The number of hydrogen-bond donors (Lipinski definition) is 3. The summed E-state index contributed by atoms with van der Waals surface area (Å²) in [6, 6.07) is 3.21. The van der Waals surface area contributed by atoms with Crippen molar-refractivity contribution in [3.63, 3.8) is 0 Å². The first-order valence-corrected chi connectivity index (χ1v) is 15.5. The Morgan fingerprint density at radius 3 is 2.33 bits per heavy atom. The van der Waals surface area contributed by atoms with Gasteiger partial charge < -0.3 is 30.1 Å². The number of carbonyl (C=O) groups is 4. The predicted octanol–water partition coefficient (Wildman–Crippen LogP) is 5.06. The molecule has 0 spiro atoms. The van der Waals surface area contributed by atoms with Crippen molar-refractivity contribution in [2.75, 3.05) is 24.2 Å². The van der Waals surface area contributed by atoms with E-state index in [0.29, 0.717) is 42.2 Å². The molecule has 1 saturated heterocycles. The normalized spacial score (nSPS) is 15.4. The SMILES string of the molecule is CCc1c(NC(=O)C2SCCN2C(=O)C[C@@H](Cc2cc(F)c(F)cc2F)NC(=O)OC(C)(C)C)ccc(OCC(=O)O)c1CC. The third-order valence-electron chi connectivity index (χ3n) is 6.84. The Kier molecular flexibility index (Phi) is 12.1. The molecule has 246 valence electrons. The molecule has 1 aliphatic rings. The van der Waals surface area contributed by atoms with Crippen molar-refractivity contribution in [2.24, 2.45) is 0 Å². The molecule has 0 saturated carbocycles. The number of hydrogen-bond acceptors (Lipinski definition) is 7. The molecule has 0 aromatic heterocycles. The maximum Gasteiger partial charge on any atom is 0.407 e. The highest BCUT2D eigenvalue weighted by molar-refractivity contribution is 8.00. The molecule has 0 bridgehead atoms. The van der Waals surface area contributed by atoms with Crippen molar-refractivity contribution in [2.45, 2.75) is 77.3 Å². The van der Waals surface area contributed by atoms with Gasteiger partial charge in [-0.1, -0.05) is 13.8 Å². The number of thioether (sulfide) groups is 1. The monoisotopic (exact) mass is 653 g/mol. The lowest BCUT2D eigenvalue weighted by Crippen LogP contribution is -2.47. The third-order valence-corrected chi connectivity index (χ3v) is 8.04. The van der Waals surface area contributed by atoms with Crippen LogP contribution in [0.1, 0.15) is 57.7 Å². The first-order chi connectivity index (χ1) is 21.1. The van der Waals surface area contributed by atoms with Crippen molar-refractivity contribution in [1.82, 2.24) is 10.2 Å². The minimum atomic E-state index is -1.37. The van der Waals surface area contributed by atoms with Crippen LogP contribution in [-0.2, 0) is 38.4 Å². The summed E-state index contributed by atoms with van der Waals surface area (Å²) in [4.78, 5) is 51.9. The molecule has 10 nitrogen and oxygen atoms in total. The Morgan fingerprint density at radius 1 is 1.04 bits per heavy atom. The van der Waals surface area contributed by atoms with Crippen molar-refractivity contribution in [3.8, 4) is 5.75 Å². The predicted molar refractivity (Wildman–Crippen MR) is 163 cm³/mol. The molecule has 0 radical (unpaired) electrons. The molecule has 1 fully saturated rings. The largest absolute Gasteiger partial charge is 0.482 e. The van der Waals surface area contributed by atoms with E-state index in [2.05, 4.69) is 10.6 Å². The van der Waals surface area contributed by atoms with Gasteiger partial charge in [-0.15, -0.1) is 11.8 Å². The number of aliphatic carboxylic acids is 1. The van der Waals surface area contributed by atoms with Gasteiger partial charge in [0.05, 0.1) is 0 Å². The maximum atomic E-state index is 14.5. The van der Waals surface area contributed by atoms with E-state index in [9.17, 15) is 32.3 Å². The van der Waals surface area contributed by atoms with E-state index in [0.717, 1.165) is 11.1 Å². The van der Waals surface area contributed by atoms with Gasteiger partial charge in [0, 0.05) is 36.5 Å². The number of carboxylic acid groups (broad SMARTS) is 1. The molecule has 0 aliphatic carbocycles. The second kappa shape index (κ2) is 15.4. The number of anilines is 1. The van der Waals surface area contributed by atoms with Crippen LogP contribution in [-0.4, -0.2) is 69.8 Å². The second-order valence-corrected chi connectivity index (χ2v) is 12.6. The Hall–Kier alpha value is -3.94. The number of nitrogens with one attached hydrogen (secondary N) is 2. The number of nitrogens with zero attached hydrogens (tertiary/aromatic N) is 1. The van der Waals surface area contributed by atoms with E-state index in [1.807, 2.05) is 13.8 Å². The van der Waals surface area contributed by atoms with Gasteiger partial charge in [-0.05, 0) is 74.9 Å². The second-order valence-electron chi connectivity index (χ2n) is 11.4. The summed E-state index contributed by atoms with van der Waals surface area (Å²) in [5, 5.41) is 13.5. The van der Waals surface area contributed by atoms with E-state index in [-0.39, 0.29) is 24.9 Å². The fraction of sp³-hybridized carbons (Fsp3) is 0.484. The van der Waals surface area contributed by atoms with Crippen LogP contribution in [0.2, 0.25) is 0 Å². The summed E-state index contributed by atoms with van der Waals surface area (Å²) in [5.41, 5.74) is 0.896. The number of alkyl carbamates (subject to hydrolysis) is 1. The van der Waals surface area contributed by atoms with Gasteiger partial charge in [-0.2, -0.15) is 0 Å². The molecule has 3 amide bonds. The van der Waals surface area contributed by atoms with E-state index in [1.54, 1.807) is 32.9 Å². The van der Waals surface area contributed by atoms with Gasteiger partial charge >= 0.3 is 12.1 Å². The lowest BCUT2D eigenvalue weighted by molar-refractivity contribution is -0.139. The van der Waals surface area contributed by atoms with E-state index in [4.69, 9.17) is 14.6 Å². The molecule has 3 rings (SSSR count). The molecule has 14 heteroatoms. The summed E-state index contributed by atoms with van der Waals surface area (Å²) in [7, 11) is 0. The first-order valence-electron chi connectivity index (χ1n) is 14.5. The fourth-order valence-electron chi connectivity index (χ4n) is 4.95. The lowest BCUT2D eigenvalue weighted by atomic mass is 9.99. The zero-order valence-electron chi connectivity index (χ0n) is 25.8. The molecule has 2 atom stereocenters. The van der Waals surface area contributed by atoms with Gasteiger partial charge in [0.2, 0.25) is 5.91 Å². The van der Waals surface area contributed by atoms with Gasteiger partial charge in [0.25, 0.3) is 5.91 Å². The van der Waals surface area contributed by atoms with Gasteiger partial charge in [-0.3, -0.25) is 9.59 Å². The molecular formula is C31H38F3N3O7S. The smallest absolute Gasteiger partial charge is 0.407 e. The number of amides is 3. The molecule has 1 aliphatic heterocycles. The van der Waals surface area contributed by atoms with E-state index >= 15 is 0 Å². The van der Waals surface area contributed by atoms with Crippen LogP contribution in [0, 0.1) is 17.5 Å². The number of ether oxygens (including phenoxy) is 2. The Labute approximate surface area is 264 Å². The summed E-state index contributed by atoms with van der Waals surface area (Å²) < 4.78 is 52.6. The van der Waals surface area contributed by atoms with Crippen molar-refractivity contribution < 1.29 is 46.9 Å². The summed E-state index contributed by atoms with van der Waals surface area (Å²) >= 11 is 1.24. The molecule has 2 aromatic rings. The van der Waals surface area contributed by atoms with Crippen LogP contribution in [0.5, 0.6) is 5.75 Å². The summed E-state index contributed by atoms with van der Waals surface area (Å²) in [6.45, 7) is 8.39. The van der Waals surface area contributed by atoms with Crippen molar-refractivity contribution in [1.29, 1.82) is 0 Å². The maximum absolute atomic E-state index is 14.5. The molecule has 1 heterocycles. The summed E-state index contributed by atoms with van der Waals surface area (Å²) in [5.74, 6) is -4.93. The molecule has 2 aromatic carbocycles. The van der Waals surface area contributed by atoms with Gasteiger partial charge in [0.1, 0.15) is 17.2 Å². The van der Waals surface area contributed by atoms with Crippen LogP contribution in [0.4, 0.5) is 23.7 Å². The Balaban J connectivity index is 1.80. The number of carboxylic acids is 1. The fourth-order valence-corrected chi connectivity index (χ4v) is 6.09. The number of halogens is 3. The highest BCUT2D eigenvalue weighted by Crippen LogP contribution is 2.32. The molecule has 3 N–H and O–H groups in total. The van der Waals surface area contributed by atoms with E-state index in [1.165, 1.54) is 16.7 Å². The standard InChI is InChI=1S/C31H38F3N3O7S/c1-6-19-20(7-2)25(43-16-27(39)40)9-8-24(19)36-28(41)29-37(10-11-45-29)26(38)14-18(35-30(42)44-31(3,4)5)12-17-13-22(33)23(34)15-21(17)32/h8-9,13,15,18,29H,6-7,10-12,14,16H2,1-5H3,(H,35,42)(H,36,41)(H,39,40)/t18-,29?/m1/s1. The molecule has 1 unspecified atom stereocenters. The van der Waals surface area contributed by atoms with Crippen LogP contribution in [0.15, 0.2) is 24.3 Å². The highest BCUT2D eigenvalue weighted by atomic mass is 32.2. The van der Waals surface area contributed by atoms with Crippen LogP contribution >= 0.6 is 11.8 Å². The Bertz CT molecular complexity index is 1430. The molecule has 45 heavy (non-hydrogen) atoms. The average molecular weight is 654 g/mol. The Morgan fingerprint density at radius 2 is 1.71 bits per heavy atom. The molecular weight excluding hydrogens is 615 g/mol. The van der Waals surface area contributed by atoms with Crippen LogP contribution < -0.4 is 15.4 Å². The minimum Gasteiger partial charge on any atom is -0.482 e. The number of carbonyl (C=O) groups excluding carboxylic acids is 3. The van der Waals surface area contributed by atoms with E-state index < -0.39 is 65.0 Å². The van der Waals surface area contributed by atoms with Crippen molar-refractivity contribution >= 4 is 41.3 Å². The number of benzene rings is 2. The highest BCUT2D eigenvalue weighted by Gasteiger charge is 2.36. The van der Waals surface area contributed by atoms with Crippen LogP contribution in [0.25, 0.3) is 0 Å². The van der Waals surface area contributed by atoms with Gasteiger partial charge in [-0.25, -0.2) is 22.8 Å². The zero-order chi connectivity index (χ0) is 33.5. The third kappa shape index (κ3) is 9.77. The quantitative estimate of drug-likeness (QED) is 0.271. The van der Waals surface area contributed by atoms with Crippen LogP contribution in [0.3, 0.4) is 0 Å². The lowest BCUT2D eigenvalue weighted by Gasteiger charge is -2.27. The topological polar surface area (TPSA) is 134 Å². The summed E-state index contributed by atoms with van der Waals surface area (Å²) in [6.07, 6.45) is -0.570. The zero-order valence-corrected chi connectivity index (χ0v) is 26.6. The average Bonchev–Trinajstić information content (AvgIpc) is 3.44. The van der Waals surface area contributed by atoms with Crippen molar-refractivity contribution in [3.05, 3.63) is 58.4 Å². The van der Waals surface area contributed by atoms with Gasteiger partial charge in [0.15, 0.2) is 23.6 Å².